The summed E-state index contributed by atoms with van der Waals surface area (Å²) in [5.74, 6) is 1.08. The molecule has 0 aliphatic rings. The Morgan fingerprint density at radius 1 is 1.15 bits per heavy atom. The maximum atomic E-state index is 12.1. The second-order valence-corrected chi connectivity index (χ2v) is 7.47. The molecule has 3 aromatic rings. The summed E-state index contributed by atoms with van der Waals surface area (Å²) in [6.45, 7) is 2.47. The molecule has 0 aliphatic heterocycles. The lowest BCUT2D eigenvalue weighted by Gasteiger charge is -2.09. The number of amides is 2. The summed E-state index contributed by atoms with van der Waals surface area (Å²) in [6, 6.07) is 15.1. The molecule has 0 saturated heterocycles. The minimum absolute atomic E-state index is 0.0293. The molecular weight excluding hydrogens is 360 g/mol. The van der Waals surface area contributed by atoms with Gasteiger partial charge in [0, 0.05) is 19.2 Å². The summed E-state index contributed by atoms with van der Waals surface area (Å²) >= 11 is 1.54. The molecule has 0 spiro atoms. The number of fused-ring (bicyclic) bond motifs is 1. The van der Waals surface area contributed by atoms with Crippen molar-refractivity contribution in [3.8, 4) is 0 Å². The van der Waals surface area contributed by atoms with Crippen molar-refractivity contribution < 1.29 is 9.59 Å². The number of hydrogen-bond donors (Lipinski definition) is 3. The van der Waals surface area contributed by atoms with Gasteiger partial charge < -0.3 is 15.6 Å². The number of imidazole rings is 1. The first-order valence-electron chi connectivity index (χ1n) is 8.71. The van der Waals surface area contributed by atoms with Crippen molar-refractivity contribution in [3.05, 3.63) is 65.5 Å². The molecule has 1 heterocycles. The molecule has 0 fully saturated rings. The second kappa shape index (κ2) is 8.73. The van der Waals surface area contributed by atoms with E-state index in [-0.39, 0.29) is 17.1 Å². The monoisotopic (exact) mass is 382 g/mol. The number of hydrogen-bond acceptors (Lipinski definition) is 4. The molecule has 0 bridgehead atoms. The summed E-state index contributed by atoms with van der Waals surface area (Å²) in [6.07, 6.45) is 0. The van der Waals surface area contributed by atoms with E-state index in [1.807, 2.05) is 43.3 Å². The summed E-state index contributed by atoms with van der Waals surface area (Å²) in [5.41, 5.74) is 3.49. The number of H-pyrrole nitrogens is 1. The van der Waals surface area contributed by atoms with Gasteiger partial charge in [-0.3, -0.25) is 9.59 Å². The van der Waals surface area contributed by atoms with Gasteiger partial charge in [-0.05, 0) is 36.8 Å². The Hall–Kier alpha value is -2.80. The number of nitrogens with one attached hydrogen (secondary N) is 3. The summed E-state index contributed by atoms with van der Waals surface area (Å²) in [5, 5.41) is 5.58. The number of nitrogens with zero attached hydrogens (tertiary/aromatic N) is 1. The van der Waals surface area contributed by atoms with Crippen LogP contribution in [-0.2, 0) is 11.3 Å². The minimum Gasteiger partial charge on any atom is -0.355 e. The van der Waals surface area contributed by atoms with Gasteiger partial charge in [0.25, 0.3) is 5.91 Å². The van der Waals surface area contributed by atoms with E-state index in [9.17, 15) is 9.59 Å². The Bertz CT molecular complexity index is 904. The Morgan fingerprint density at radius 2 is 1.89 bits per heavy atom. The highest BCUT2D eigenvalue weighted by Crippen LogP contribution is 2.27. The molecule has 27 heavy (non-hydrogen) atoms. The van der Waals surface area contributed by atoms with Gasteiger partial charge in [0.1, 0.15) is 5.82 Å². The van der Waals surface area contributed by atoms with Gasteiger partial charge in [-0.25, -0.2) is 4.98 Å². The van der Waals surface area contributed by atoms with E-state index < -0.39 is 0 Å². The molecule has 2 aromatic carbocycles. The average Bonchev–Trinajstić information content (AvgIpc) is 3.14. The molecule has 140 valence electrons. The normalized spacial score (nSPS) is 11.9. The van der Waals surface area contributed by atoms with Crippen LogP contribution in [0, 0.1) is 0 Å². The van der Waals surface area contributed by atoms with Crippen molar-refractivity contribution >= 4 is 34.6 Å². The van der Waals surface area contributed by atoms with E-state index in [1.54, 1.807) is 19.2 Å². The lowest BCUT2D eigenvalue weighted by atomic mass is 10.1. The molecule has 3 N–H and O–H groups in total. The minimum atomic E-state index is -0.124. The molecule has 1 atom stereocenters. The summed E-state index contributed by atoms with van der Waals surface area (Å²) in [7, 11) is 1.60. The number of aromatic amines is 1. The number of carbonyl (C=O) groups is 2. The van der Waals surface area contributed by atoms with Crippen molar-refractivity contribution in [3.63, 3.8) is 0 Å². The third kappa shape index (κ3) is 4.89. The zero-order chi connectivity index (χ0) is 19.2. The summed E-state index contributed by atoms with van der Waals surface area (Å²) < 4.78 is 0. The van der Waals surface area contributed by atoms with Crippen LogP contribution in [0.2, 0.25) is 0 Å². The summed E-state index contributed by atoms with van der Waals surface area (Å²) in [4.78, 5) is 31.5. The lowest BCUT2D eigenvalue weighted by molar-refractivity contribution is -0.118. The molecule has 6 nitrogen and oxygen atoms in total. The van der Waals surface area contributed by atoms with Crippen LogP contribution in [0.3, 0.4) is 0 Å². The number of benzene rings is 2. The van der Waals surface area contributed by atoms with Crippen LogP contribution >= 0.6 is 11.8 Å². The van der Waals surface area contributed by atoms with Crippen LogP contribution in [0.5, 0.6) is 0 Å². The van der Waals surface area contributed by atoms with Crippen molar-refractivity contribution in [2.24, 2.45) is 0 Å². The fourth-order valence-electron chi connectivity index (χ4n) is 2.61. The van der Waals surface area contributed by atoms with E-state index in [1.165, 1.54) is 11.8 Å². The Kier molecular flexibility index (Phi) is 6.13. The highest BCUT2D eigenvalue weighted by molar-refractivity contribution is 8.00. The lowest BCUT2D eigenvalue weighted by Crippen LogP contribution is -2.25. The van der Waals surface area contributed by atoms with Gasteiger partial charge in [-0.2, -0.15) is 0 Å². The van der Waals surface area contributed by atoms with Crippen LogP contribution in [0.4, 0.5) is 0 Å². The smallest absolute Gasteiger partial charge is 0.251 e. The quantitative estimate of drug-likeness (QED) is 0.586. The van der Waals surface area contributed by atoms with Gasteiger partial charge >= 0.3 is 0 Å². The van der Waals surface area contributed by atoms with Crippen LogP contribution in [0.1, 0.15) is 33.9 Å². The first-order chi connectivity index (χ1) is 13.1. The Morgan fingerprint density at radius 3 is 2.59 bits per heavy atom. The highest BCUT2D eigenvalue weighted by Gasteiger charge is 2.13. The number of rotatable bonds is 7. The molecule has 0 saturated carbocycles. The predicted octanol–water partition coefficient (Wildman–Crippen LogP) is 3.03. The van der Waals surface area contributed by atoms with Crippen LogP contribution in [0.15, 0.2) is 48.5 Å². The fraction of sp³-hybridized carbons (Fsp3) is 0.250. The average molecular weight is 382 g/mol. The van der Waals surface area contributed by atoms with Gasteiger partial charge in [0.2, 0.25) is 5.91 Å². The standard InChI is InChI=1S/C20H22N4O2S/c1-13(19-23-16-5-3-4-6-17(16)24-19)27-12-18(25)22-11-14-7-9-15(10-8-14)20(26)21-2/h3-10,13H,11-12H2,1-2H3,(H,21,26)(H,22,25)(H,23,24). The van der Waals surface area contributed by atoms with Crippen LogP contribution < -0.4 is 10.6 Å². The van der Waals surface area contributed by atoms with E-state index in [4.69, 9.17) is 0 Å². The third-order valence-electron chi connectivity index (χ3n) is 4.19. The van der Waals surface area contributed by atoms with Crippen molar-refractivity contribution in [2.75, 3.05) is 12.8 Å². The van der Waals surface area contributed by atoms with Gasteiger partial charge in [-0.1, -0.05) is 24.3 Å². The zero-order valence-corrected chi connectivity index (χ0v) is 16.1. The molecule has 1 aromatic heterocycles. The van der Waals surface area contributed by atoms with Crippen molar-refractivity contribution in [1.82, 2.24) is 20.6 Å². The number of aromatic nitrogens is 2. The number of para-hydroxylation sites is 2. The fourth-order valence-corrected chi connectivity index (χ4v) is 3.39. The van der Waals surface area contributed by atoms with Crippen molar-refractivity contribution in [2.45, 2.75) is 18.7 Å². The van der Waals surface area contributed by atoms with E-state index in [0.29, 0.717) is 17.9 Å². The molecule has 7 heteroatoms. The maximum absolute atomic E-state index is 12.1. The van der Waals surface area contributed by atoms with Crippen LogP contribution in [-0.4, -0.2) is 34.6 Å². The highest BCUT2D eigenvalue weighted by atomic mass is 32.2. The number of carbonyl (C=O) groups excluding carboxylic acids is 2. The van der Waals surface area contributed by atoms with Gasteiger partial charge in [-0.15, -0.1) is 11.8 Å². The Labute approximate surface area is 162 Å². The predicted molar refractivity (Wildman–Crippen MR) is 109 cm³/mol. The van der Waals surface area contributed by atoms with E-state index in [0.717, 1.165) is 22.4 Å². The van der Waals surface area contributed by atoms with Crippen LogP contribution in [0.25, 0.3) is 11.0 Å². The largest absolute Gasteiger partial charge is 0.355 e. The molecule has 0 aliphatic carbocycles. The van der Waals surface area contributed by atoms with Gasteiger partial charge in [0.15, 0.2) is 0 Å². The number of thioether (sulfide) groups is 1. The molecule has 1 unspecified atom stereocenters. The molecule has 2 amide bonds. The molecule has 3 rings (SSSR count). The maximum Gasteiger partial charge on any atom is 0.251 e. The zero-order valence-electron chi connectivity index (χ0n) is 15.3. The third-order valence-corrected chi connectivity index (χ3v) is 5.34. The molecule has 0 radical (unpaired) electrons. The SMILES string of the molecule is CNC(=O)c1ccc(CNC(=O)CSC(C)c2nc3ccccc3[nH]2)cc1. The Balaban J connectivity index is 1.47. The second-order valence-electron chi connectivity index (χ2n) is 6.15. The first kappa shape index (κ1) is 19.0. The van der Waals surface area contributed by atoms with E-state index in [2.05, 4.69) is 20.6 Å². The van der Waals surface area contributed by atoms with Gasteiger partial charge in [0.05, 0.1) is 22.0 Å². The van der Waals surface area contributed by atoms with E-state index >= 15 is 0 Å². The first-order valence-corrected chi connectivity index (χ1v) is 9.75. The topological polar surface area (TPSA) is 86.9 Å². The molecular formula is C20H22N4O2S. The van der Waals surface area contributed by atoms with Crippen molar-refractivity contribution in [1.29, 1.82) is 0 Å².